The number of likely N-dealkylation sites (tertiary alicyclic amines) is 1. The summed E-state index contributed by atoms with van der Waals surface area (Å²) in [5.41, 5.74) is 2.41. The molecule has 1 aromatic heterocycles. The van der Waals surface area contributed by atoms with Crippen LogP contribution in [0.1, 0.15) is 17.5 Å². The lowest BCUT2D eigenvalue weighted by Crippen LogP contribution is -2.21. The maximum absolute atomic E-state index is 9.22. The second kappa shape index (κ2) is 6.90. The van der Waals surface area contributed by atoms with Crippen LogP contribution in [0.2, 0.25) is 0 Å². The number of pyridine rings is 1. The molecule has 0 radical (unpaired) electrons. The zero-order valence-corrected chi connectivity index (χ0v) is 12.9. The molecule has 1 atom stereocenters. The van der Waals surface area contributed by atoms with Crippen molar-refractivity contribution in [2.45, 2.75) is 19.9 Å². The van der Waals surface area contributed by atoms with Gasteiger partial charge in [0.05, 0.1) is 6.20 Å². The fourth-order valence-electron chi connectivity index (χ4n) is 2.92. The van der Waals surface area contributed by atoms with E-state index in [1.807, 2.05) is 18.2 Å². The molecule has 1 N–H and O–H groups in total. The first-order valence-corrected chi connectivity index (χ1v) is 7.75. The lowest BCUT2D eigenvalue weighted by Gasteiger charge is -2.17. The van der Waals surface area contributed by atoms with E-state index in [4.69, 9.17) is 4.74 Å². The van der Waals surface area contributed by atoms with E-state index in [1.54, 1.807) is 12.4 Å². The van der Waals surface area contributed by atoms with E-state index in [2.05, 4.69) is 28.9 Å². The Balaban J connectivity index is 1.65. The summed E-state index contributed by atoms with van der Waals surface area (Å²) in [5, 5.41) is 9.22. The molecular formula is C18H22N2O2. The van der Waals surface area contributed by atoms with Gasteiger partial charge in [-0.3, -0.25) is 9.88 Å². The summed E-state index contributed by atoms with van der Waals surface area (Å²) >= 11 is 0. The molecule has 1 saturated heterocycles. The van der Waals surface area contributed by atoms with E-state index in [0.29, 0.717) is 12.5 Å². The maximum atomic E-state index is 9.22. The van der Waals surface area contributed by atoms with Gasteiger partial charge in [-0.05, 0) is 55.1 Å². The Morgan fingerprint density at radius 3 is 2.95 bits per heavy atom. The Hall–Kier alpha value is -1.91. The Bertz CT molecular complexity index is 616. The Morgan fingerprint density at radius 2 is 2.27 bits per heavy atom. The molecule has 2 heterocycles. The summed E-state index contributed by atoms with van der Waals surface area (Å²) < 4.78 is 5.86. The molecule has 1 fully saturated rings. The minimum atomic E-state index is 0.299. The topological polar surface area (TPSA) is 45.6 Å². The molecule has 0 aliphatic carbocycles. The fraction of sp³-hybridized carbons (Fsp3) is 0.389. The van der Waals surface area contributed by atoms with E-state index < -0.39 is 0 Å². The summed E-state index contributed by atoms with van der Waals surface area (Å²) in [6.07, 6.45) is 4.54. The minimum absolute atomic E-state index is 0.299. The molecule has 1 aliphatic heterocycles. The van der Waals surface area contributed by atoms with Crippen LogP contribution in [0.15, 0.2) is 42.7 Å². The smallest absolute Gasteiger partial charge is 0.145 e. The summed E-state index contributed by atoms with van der Waals surface area (Å²) in [5.74, 6) is 2.06. The van der Waals surface area contributed by atoms with Crippen molar-refractivity contribution in [1.29, 1.82) is 0 Å². The minimum Gasteiger partial charge on any atom is -0.455 e. The third kappa shape index (κ3) is 3.64. The molecule has 3 rings (SSSR count). The van der Waals surface area contributed by atoms with Crippen LogP contribution in [0.5, 0.6) is 11.5 Å². The second-order valence-corrected chi connectivity index (χ2v) is 5.96. The highest BCUT2D eigenvalue weighted by Crippen LogP contribution is 2.26. The number of hydrogen-bond donors (Lipinski definition) is 1. The number of aliphatic hydroxyl groups is 1. The summed E-state index contributed by atoms with van der Waals surface area (Å²) in [4.78, 5) is 6.46. The van der Waals surface area contributed by atoms with Crippen LogP contribution in [-0.2, 0) is 6.54 Å². The molecule has 0 spiro atoms. The van der Waals surface area contributed by atoms with Gasteiger partial charge in [-0.25, -0.2) is 0 Å². The molecular weight excluding hydrogens is 276 g/mol. The summed E-state index contributed by atoms with van der Waals surface area (Å²) in [6, 6.07) is 10.1. The third-order valence-corrected chi connectivity index (χ3v) is 4.14. The molecule has 22 heavy (non-hydrogen) atoms. The number of rotatable bonds is 5. The quantitative estimate of drug-likeness (QED) is 0.921. The van der Waals surface area contributed by atoms with Crippen LogP contribution in [0, 0.1) is 12.8 Å². The normalized spacial score (nSPS) is 18.5. The highest BCUT2D eigenvalue weighted by Gasteiger charge is 2.21. The molecule has 1 aliphatic rings. The number of benzene rings is 1. The first-order chi connectivity index (χ1) is 10.7. The van der Waals surface area contributed by atoms with Gasteiger partial charge in [-0.15, -0.1) is 0 Å². The molecule has 0 amide bonds. The van der Waals surface area contributed by atoms with Crippen molar-refractivity contribution in [3.63, 3.8) is 0 Å². The first-order valence-electron chi connectivity index (χ1n) is 7.75. The van der Waals surface area contributed by atoms with Crippen molar-refractivity contribution < 1.29 is 9.84 Å². The SMILES string of the molecule is Cc1cc(CN2CCC(CO)C2)ccc1Oc1cccnc1. The van der Waals surface area contributed by atoms with Gasteiger partial charge in [-0.1, -0.05) is 12.1 Å². The highest BCUT2D eigenvalue weighted by molar-refractivity contribution is 5.39. The molecule has 1 unspecified atom stereocenters. The van der Waals surface area contributed by atoms with Crippen LogP contribution in [0.25, 0.3) is 0 Å². The average Bonchev–Trinajstić information content (AvgIpc) is 2.99. The van der Waals surface area contributed by atoms with Gasteiger partial charge in [0.2, 0.25) is 0 Å². The van der Waals surface area contributed by atoms with E-state index >= 15 is 0 Å². The van der Waals surface area contributed by atoms with Crippen LogP contribution in [-0.4, -0.2) is 34.7 Å². The van der Waals surface area contributed by atoms with Crippen molar-refractivity contribution in [2.75, 3.05) is 19.7 Å². The van der Waals surface area contributed by atoms with Crippen molar-refractivity contribution >= 4 is 0 Å². The number of aliphatic hydroxyl groups excluding tert-OH is 1. The number of ether oxygens (including phenoxy) is 1. The largest absolute Gasteiger partial charge is 0.455 e. The first kappa shape index (κ1) is 15.0. The van der Waals surface area contributed by atoms with Crippen LogP contribution >= 0.6 is 0 Å². The summed E-state index contributed by atoms with van der Waals surface area (Å²) in [6.45, 7) is 5.36. The fourth-order valence-corrected chi connectivity index (χ4v) is 2.92. The molecule has 0 saturated carbocycles. The molecule has 0 bridgehead atoms. The summed E-state index contributed by atoms with van der Waals surface area (Å²) in [7, 11) is 0. The number of nitrogens with zero attached hydrogens (tertiary/aromatic N) is 2. The van der Waals surface area contributed by atoms with Gasteiger partial charge in [0.15, 0.2) is 0 Å². The molecule has 2 aromatic rings. The van der Waals surface area contributed by atoms with Gasteiger partial charge >= 0.3 is 0 Å². The van der Waals surface area contributed by atoms with Crippen molar-refractivity contribution in [1.82, 2.24) is 9.88 Å². The molecule has 116 valence electrons. The number of aromatic nitrogens is 1. The molecule has 4 heteroatoms. The van der Waals surface area contributed by atoms with Gasteiger partial charge in [0.1, 0.15) is 11.5 Å². The Morgan fingerprint density at radius 1 is 1.36 bits per heavy atom. The average molecular weight is 298 g/mol. The van der Waals surface area contributed by atoms with E-state index in [9.17, 15) is 5.11 Å². The number of hydrogen-bond acceptors (Lipinski definition) is 4. The van der Waals surface area contributed by atoms with Gasteiger partial charge in [0, 0.05) is 25.9 Å². The van der Waals surface area contributed by atoms with E-state index in [1.165, 1.54) is 5.56 Å². The Labute approximate surface area is 131 Å². The monoisotopic (exact) mass is 298 g/mol. The predicted octanol–water partition coefficient (Wildman–Crippen LogP) is 3.00. The van der Waals surface area contributed by atoms with E-state index in [-0.39, 0.29) is 0 Å². The van der Waals surface area contributed by atoms with Crippen LogP contribution in [0.4, 0.5) is 0 Å². The zero-order valence-electron chi connectivity index (χ0n) is 12.9. The van der Waals surface area contributed by atoms with Crippen molar-refractivity contribution in [2.24, 2.45) is 5.92 Å². The highest BCUT2D eigenvalue weighted by atomic mass is 16.5. The molecule has 1 aromatic carbocycles. The predicted molar refractivity (Wildman–Crippen MR) is 86.0 cm³/mol. The van der Waals surface area contributed by atoms with Gasteiger partial charge in [-0.2, -0.15) is 0 Å². The van der Waals surface area contributed by atoms with Crippen molar-refractivity contribution in [3.05, 3.63) is 53.9 Å². The third-order valence-electron chi connectivity index (χ3n) is 4.14. The van der Waals surface area contributed by atoms with Gasteiger partial charge in [0.25, 0.3) is 0 Å². The Kier molecular flexibility index (Phi) is 4.71. The standard InChI is InChI=1S/C18H22N2O2/c1-14-9-15(11-20-8-6-16(12-20)13-21)4-5-18(14)22-17-3-2-7-19-10-17/h2-5,7,9-10,16,21H,6,8,11-13H2,1H3. The zero-order chi connectivity index (χ0) is 15.4. The van der Waals surface area contributed by atoms with E-state index in [0.717, 1.165) is 43.1 Å². The second-order valence-electron chi connectivity index (χ2n) is 5.96. The van der Waals surface area contributed by atoms with Gasteiger partial charge < -0.3 is 9.84 Å². The van der Waals surface area contributed by atoms with Crippen LogP contribution < -0.4 is 4.74 Å². The lowest BCUT2D eigenvalue weighted by atomic mass is 10.1. The van der Waals surface area contributed by atoms with Crippen LogP contribution in [0.3, 0.4) is 0 Å². The maximum Gasteiger partial charge on any atom is 0.145 e. The number of aryl methyl sites for hydroxylation is 1. The van der Waals surface area contributed by atoms with Crippen molar-refractivity contribution in [3.8, 4) is 11.5 Å². The lowest BCUT2D eigenvalue weighted by molar-refractivity contribution is 0.220. The molecule has 4 nitrogen and oxygen atoms in total.